The van der Waals surface area contributed by atoms with Crippen LogP contribution in [0.15, 0.2) is 65.7 Å². The van der Waals surface area contributed by atoms with E-state index in [9.17, 15) is 9.59 Å². The highest BCUT2D eigenvalue weighted by Gasteiger charge is 2.39. The smallest absolute Gasteiger partial charge is 0.278 e. The third-order valence-corrected chi connectivity index (χ3v) is 6.32. The Balaban J connectivity index is 1.59. The molecule has 0 spiro atoms. The molecule has 0 saturated carbocycles. The van der Waals surface area contributed by atoms with E-state index < -0.39 is 0 Å². The molecule has 0 radical (unpaired) electrons. The van der Waals surface area contributed by atoms with Gasteiger partial charge in [0.05, 0.1) is 24.8 Å². The summed E-state index contributed by atoms with van der Waals surface area (Å²) in [7, 11) is 3.14. The molecular formula is C24H21ClN2O4S. The molecular weight excluding hydrogens is 448 g/mol. The number of imide groups is 1. The maximum Gasteiger partial charge on any atom is 0.278 e. The van der Waals surface area contributed by atoms with Crippen molar-refractivity contribution in [2.24, 2.45) is 0 Å². The van der Waals surface area contributed by atoms with Gasteiger partial charge in [-0.1, -0.05) is 29.8 Å². The Kier molecular flexibility index (Phi) is 6.48. The van der Waals surface area contributed by atoms with Crippen molar-refractivity contribution in [1.82, 2.24) is 4.90 Å². The Labute approximate surface area is 195 Å². The number of carbonyl (C=O) groups is 2. The number of carbonyl (C=O) groups excluding carboxylic acids is 2. The fraction of sp³-hybridized carbons (Fsp3) is 0.167. The molecule has 0 atom stereocenters. The molecule has 2 amide bonds. The summed E-state index contributed by atoms with van der Waals surface area (Å²) in [5, 5.41) is 5.40. The molecule has 0 saturated heterocycles. The number of anilines is 1. The van der Waals surface area contributed by atoms with Crippen LogP contribution in [0, 0.1) is 0 Å². The van der Waals surface area contributed by atoms with Gasteiger partial charge in [0.15, 0.2) is 0 Å². The molecule has 32 heavy (non-hydrogen) atoms. The average molecular weight is 469 g/mol. The van der Waals surface area contributed by atoms with Crippen LogP contribution in [0.3, 0.4) is 0 Å². The summed E-state index contributed by atoms with van der Waals surface area (Å²) in [4.78, 5) is 28.5. The highest BCUT2D eigenvalue weighted by Crippen LogP contribution is 2.34. The molecule has 2 aromatic carbocycles. The Bertz CT molecular complexity index is 1170. The molecule has 0 bridgehead atoms. The highest BCUT2D eigenvalue weighted by molar-refractivity contribution is 7.11. The van der Waals surface area contributed by atoms with E-state index in [2.05, 4.69) is 5.32 Å². The lowest BCUT2D eigenvalue weighted by atomic mass is 10.1. The second kappa shape index (κ2) is 9.46. The predicted octanol–water partition coefficient (Wildman–Crippen LogP) is 4.85. The number of amides is 2. The molecule has 6 nitrogen and oxygen atoms in total. The lowest BCUT2D eigenvalue weighted by Gasteiger charge is -2.15. The summed E-state index contributed by atoms with van der Waals surface area (Å²) >= 11 is 7.65. The first-order valence-electron chi connectivity index (χ1n) is 9.89. The predicted molar refractivity (Wildman–Crippen MR) is 126 cm³/mol. The minimum atomic E-state index is -0.362. The van der Waals surface area contributed by atoms with Gasteiger partial charge in [0.25, 0.3) is 11.8 Å². The largest absolute Gasteiger partial charge is 0.497 e. The van der Waals surface area contributed by atoms with Crippen LogP contribution in [-0.4, -0.2) is 37.5 Å². The fourth-order valence-electron chi connectivity index (χ4n) is 3.47. The monoisotopic (exact) mass is 468 g/mol. The summed E-state index contributed by atoms with van der Waals surface area (Å²) in [5.74, 6) is 0.611. The Hall–Kier alpha value is -3.29. The van der Waals surface area contributed by atoms with Gasteiger partial charge < -0.3 is 14.8 Å². The Morgan fingerprint density at radius 2 is 1.78 bits per heavy atom. The maximum absolute atomic E-state index is 13.3. The van der Waals surface area contributed by atoms with Crippen molar-refractivity contribution < 1.29 is 19.1 Å². The Morgan fingerprint density at radius 1 is 1.00 bits per heavy atom. The first kappa shape index (κ1) is 21.9. The van der Waals surface area contributed by atoms with Gasteiger partial charge in [0.2, 0.25) is 0 Å². The third-order valence-electron chi connectivity index (χ3n) is 5.14. The second-order valence-electron chi connectivity index (χ2n) is 7.06. The van der Waals surface area contributed by atoms with Gasteiger partial charge >= 0.3 is 0 Å². The zero-order valence-electron chi connectivity index (χ0n) is 17.6. The summed E-state index contributed by atoms with van der Waals surface area (Å²) in [6.07, 6.45) is 0.542. The first-order chi connectivity index (χ1) is 15.5. The summed E-state index contributed by atoms with van der Waals surface area (Å²) in [5.41, 5.74) is 2.21. The van der Waals surface area contributed by atoms with Crippen LogP contribution in [0.25, 0.3) is 5.57 Å². The van der Waals surface area contributed by atoms with Gasteiger partial charge in [-0.25, -0.2) is 0 Å². The molecule has 1 aliphatic heterocycles. The van der Waals surface area contributed by atoms with E-state index in [0.29, 0.717) is 28.5 Å². The molecule has 2 heterocycles. The molecule has 1 N–H and O–H groups in total. The molecule has 1 aliphatic rings. The molecule has 8 heteroatoms. The van der Waals surface area contributed by atoms with E-state index in [1.165, 1.54) is 23.3 Å². The summed E-state index contributed by atoms with van der Waals surface area (Å²) < 4.78 is 10.4. The lowest BCUT2D eigenvalue weighted by Crippen LogP contribution is -2.34. The average Bonchev–Trinajstić information content (AvgIpc) is 3.40. The molecule has 164 valence electrons. The minimum Gasteiger partial charge on any atom is -0.497 e. The zero-order valence-corrected chi connectivity index (χ0v) is 19.1. The number of hydrogen-bond donors (Lipinski definition) is 1. The zero-order chi connectivity index (χ0) is 22.7. The molecule has 3 aromatic rings. The van der Waals surface area contributed by atoms with Crippen LogP contribution in [0.2, 0.25) is 5.02 Å². The Morgan fingerprint density at radius 3 is 2.41 bits per heavy atom. The highest BCUT2D eigenvalue weighted by atomic mass is 35.5. The summed E-state index contributed by atoms with van der Waals surface area (Å²) in [6, 6.07) is 16.4. The van der Waals surface area contributed by atoms with Crippen molar-refractivity contribution in [3.63, 3.8) is 0 Å². The normalized spacial score (nSPS) is 13.7. The second-order valence-corrected chi connectivity index (χ2v) is 8.42. The van der Waals surface area contributed by atoms with Gasteiger partial charge in [-0.15, -0.1) is 11.3 Å². The molecule has 0 unspecified atom stereocenters. The van der Waals surface area contributed by atoms with Gasteiger partial charge in [0, 0.05) is 17.1 Å². The van der Waals surface area contributed by atoms with Crippen LogP contribution in [0.1, 0.15) is 10.4 Å². The topological polar surface area (TPSA) is 67.9 Å². The first-order valence-corrected chi connectivity index (χ1v) is 11.2. The molecule has 0 fully saturated rings. The number of benzene rings is 2. The lowest BCUT2D eigenvalue weighted by molar-refractivity contribution is -0.136. The van der Waals surface area contributed by atoms with Gasteiger partial charge in [-0.3, -0.25) is 14.5 Å². The van der Waals surface area contributed by atoms with E-state index in [-0.39, 0.29) is 24.1 Å². The van der Waals surface area contributed by atoms with Crippen molar-refractivity contribution >= 4 is 46.0 Å². The van der Waals surface area contributed by atoms with Crippen LogP contribution in [0.4, 0.5) is 5.69 Å². The van der Waals surface area contributed by atoms with E-state index in [1.807, 2.05) is 41.8 Å². The van der Waals surface area contributed by atoms with Crippen molar-refractivity contribution in [2.75, 3.05) is 26.1 Å². The number of thiophene rings is 1. The van der Waals surface area contributed by atoms with Gasteiger partial charge in [-0.2, -0.15) is 0 Å². The maximum atomic E-state index is 13.3. The minimum absolute atomic E-state index is 0.244. The van der Waals surface area contributed by atoms with Crippen molar-refractivity contribution in [1.29, 1.82) is 0 Å². The standard InChI is InChI=1S/C24H21ClN2O4S/c1-30-17-8-5-15(6-9-17)11-12-27-23(28)21(20-4-3-13-32-20)22(24(27)29)26-16-7-10-19(31-2)18(25)14-16/h3-10,13-14,26H,11-12H2,1-2H3. The number of rotatable bonds is 8. The van der Waals surface area contributed by atoms with E-state index in [4.69, 9.17) is 21.1 Å². The van der Waals surface area contributed by atoms with Crippen LogP contribution in [-0.2, 0) is 16.0 Å². The van der Waals surface area contributed by atoms with Crippen molar-refractivity contribution in [3.8, 4) is 11.5 Å². The van der Waals surface area contributed by atoms with Crippen LogP contribution in [0.5, 0.6) is 11.5 Å². The third kappa shape index (κ3) is 4.35. The van der Waals surface area contributed by atoms with Crippen LogP contribution >= 0.6 is 22.9 Å². The van der Waals surface area contributed by atoms with Crippen molar-refractivity contribution in [2.45, 2.75) is 6.42 Å². The molecule has 4 rings (SSSR count). The van der Waals surface area contributed by atoms with Crippen molar-refractivity contribution in [3.05, 3.63) is 81.1 Å². The van der Waals surface area contributed by atoms with Crippen LogP contribution < -0.4 is 14.8 Å². The number of nitrogens with one attached hydrogen (secondary N) is 1. The SMILES string of the molecule is COc1ccc(CCN2C(=O)C(Nc3ccc(OC)c(Cl)c3)=C(c3cccs3)C2=O)cc1. The van der Waals surface area contributed by atoms with E-state index in [1.54, 1.807) is 25.3 Å². The van der Waals surface area contributed by atoms with E-state index in [0.717, 1.165) is 16.2 Å². The number of halogens is 1. The molecule has 1 aromatic heterocycles. The quantitative estimate of drug-likeness (QED) is 0.478. The number of nitrogens with zero attached hydrogens (tertiary/aromatic N) is 1. The number of methoxy groups -OCH3 is 2. The van der Waals surface area contributed by atoms with Gasteiger partial charge in [-0.05, 0) is 53.8 Å². The summed E-state index contributed by atoms with van der Waals surface area (Å²) in [6.45, 7) is 0.271. The van der Waals surface area contributed by atoms with Gasteiger partial charge in [0.1, 0.15) is 17.2 Å². The molecule has 0 aliphatic carbocycles. The van der Waals surface area contributed by atoms with E-state index >= 15 is 0 Å². The number of hydrogen-bond acceptors (Lipinski definition) is 6. The number of ether oxygens (including phenoxy) is 2. The fourth-order valence-corrected chi connectivity index (χ4v) is 4.49.